The second-order valence-corrected chi connectivity index (χ2v) is 8.17. The van der Waals surface area contributed by atoms with Gasteiger partial charge in [-0.3, -0.25) is 9.36 Å². The van der Waals surface area contributed by atoms with E-state index in [0.29, 0.717) is 27.8 Å². The molecular weight excluding hydrogens is 420 g/mol. The summed E-state index contributed by atoms with van der Waals surface area (Å²) in [4.78, 5) is 19.4. The summed E-state index contributed by atoms with van der Waals surface area (Å²) in [5, 5.41) is 9.27. The Morgan fingerprint density at radius 1 is 1.07 bits per heavy atom. The number of rotatable bonds is 4. The number of fused-ring (bicyclic) bond motifs is 1. The third kappa shape index (κ3) is 3.22. The minimum Gasteiger partial charge on any atom is -0.419 e. The lowest BCUT2D eigenvalue weighted by molar-refractivity contribution is 0.483. The molecule has 0 aliphatic carbocycles. The quantitative estimate of drug-likeness (QED) is 0.389. The van der Waals surface area contributed by atoms with Crippen LogP contribution in [0.25, 0.3) is 32.1 Å². The number of halogens is 1. The predicted molar refractivity (Wildman–Crippen MR) is 118 cm³/mol. The van der Waals surface area contributed by atoms with Gasteiger partial charge in [0.15, 0.2) is 0 Å². The molecule has 8 heteroatoms. The molecule has 0 aliphatic heterocycles. The Balaban J connectivity index is 1.52. The van der Waals surface area contributed by atoms with E-state index in [4.69, 9.17) is 16.0 Å². The molecule has 0 atom stereocenters. The molecule has 0 unspecified atom stereocenters. The third-order valence-corrected chi connectivity index (χ3v) is 6.41. The summed E-state index contributed by atoms with van der Waals surface area (Å²) < 4.78 is 7.22. The van der Waals surface area contributed by atoms with E-state index in [1.54, 1.807) is 12.1 Å². The fraction of sp³-hybridized carbons (Fsp3) is 0.0909. The molecule has 0 saturated heterocycles. The van der Waals surface area contributed by atoms with Crippen LogP contribution in [0, 0.1) is 6.92 Å². The van der Waals surface area contributed by atoms with E-state index in [1.165, 1.54) is 22.2 Å². The number of thiophene rings is 1. The molecule has 0 aliphatic rings. The van der Waals surface area contributed by atoms with Gasteiger partial charge in [0.25, 0.3) is 5.56 Å². The molecule has 5 aromatic rings. The molecule has 0 spiro atoms. The van der Waals surface area contributed by atoms with E-state index in [9.17, 15) is 4.79 Å². The van der Waals surface area contributed by atoms with Gasteiger partial charge in [-0.1, -0.05) is 54.1 Å². The van der Waals surface area contributed by atoms with Gasteiger partial charge < -0.3 is 4.42 Å². The molecule has 5 rings (SSSR count). The average molecular weight is 435 g/mol. The summed E-state index contributed by atoms with van der Waals surface area (Å²) in [5.74, 6) is 0.625. The van der Waals surface area contributed by atoms with Gasteiger partial charge in [-0.05, 0) is 30.2 Å². The number of hydrogen-bond acceptors (Lipinski definition) is 6. The first kappa shape index (κ1) is 18.7. The standard InChI is InChI=1S/C22H15ClN4O2S/c1-13-18-21(30-19(13)14-7-3-2-4-8-14)24-12-27(22(18)28)11-17-25-26-20(29-17)15-9-5-6-10-16(15)23/h2-10,12H,11H2,1H3. The van der Waals surface area contributed by atoms with Crippen LogP contribution in [0.1, 0.15) is 11.5 Å². The van der Waals surface area contributed by atoms with Gasteiger partial charge in [-0.25, -0.2) is 4.98 Å². The zero-order valence-corrected chi connectivity index (χ0v) is 17.4. The molecular formula is C22H15ClN4O2S. The van der Waals surface area contributed by atoms with Crippen LogP contribution in [-0.4, -0.2) is 19.7 Å². The molecule has 0 saturated carbocycles. The van der Waals surface area contributed by atoms with Crippen LogP contribution in [-0.2, 0) is 6.54 Å². The van der Waals surface area contributed by atoms with E-state index in [0.717, 1.165) is 20.8 Å². The highest BCUT2D eigenvalue weighted by atomic mass is 35.5. The lowest BCUT2D eigenvalue weighted by Gasteiger charge is -2.02. The highest BCUT2D eigenvalue weighted by Gasteiger charge is 2.17. The van der Waals surface area contributed by atoms with E-state index in [2.05, 4.69) is 15.2 Å². The summed E-state index contributed by atoms with van der Waals surface area (Å²) in [6.07, 6.45) is 1.52. The molecule has 3 aromatic heterocycles. The van der Waals surface area contributed by atoms with Gasteiger partial charge >= 0.3 is 0 Å². The van der Waals surface area contributed by atoms with Crippen molar-refractivity contribution in [3.8, 4) is 21.9 Å². The Bertz CT molecular complexity index is 1420. The predicted octanol–water partition coefficient (Wildman–Crippen LogP) is 5.19. The smallest absolute Gasteiger partial charge is 0.262 e. The molecule has 30 heavy (non-hydrogen) atoms. The maximum atomic E-state index is 13.1. The number of hydrogen-bond donors (Lipinski definition) is 0. The van der Waals surface area contributed by atoms with Crippen LogP contribution in [0.2, 0.25) is 5.02 Å². The Morgan fingerprint density at radius 3 is 2.63 bits per heavy atom. The van der Waals surface area contributed by atoms with Gasteiger partial charge in [0.1, 0.15) is 11.4 Å². The van der Waals surface area contributed by atoms with Crippen molar-refractivity contribution in [2.75, 3.05) is 0 Å². The Hall–Kier alpha value is -3.29. The number of benzene rings is 2. The minimum atomic E-state index is -0.131. The van der Waals surface area contributed by atoms with Gasteiger partial charge in [0.05, 0.1) is 22.3 Å². The van der Waals surface area contributed by atoms with E-state index >= 15 is 0 Å². The molecule has 2 aromatic carbocycles. The normalized spacial score (nSPS) is 11.3. The summed E-state index contributed by atoms with van der Waals surface area (Å²) >= 11 is 7.72. The van der Waals surface area contributed by atoms with Crippen molar-refractivity contribution < 1.29 is 4.42 Å². The van der Waals surface area contributed by atoms with Gasteiger partial charge in [0, 0.05) is 4.88 Å². The Morgan fingerprint density at radius 2 is 1.83 bits per heavy atom. The maximum Gasteiger partial charge on any atom is 0.262 e. The number of nitrogens with zero attached hydrogens (tertiary/aromatic N) is 4. The summed E-state index contributed by atoms with van der Waals surface area (Å²) in [6, 6.07) is 17.2. The molecule has 0 amide bonds. The Kier molecular flexibility index (Phi) is 4.69. The fourth-order valence-corrected chi connectivity index (χ4v) is 4.70. The molecule has 3 heterocycles. The van der Waals surface area contributed by atoms with Crippen LogP contribution in [0.15, 0.2) is 70.1 Å². The van der Waals surface area contributed by atoms with Crippen molar-refractivity contribution >= 4 is 33.2 Å². The van der Waals surface area contributed by atoms with Crippen LogP contribution >= 0.6 is 22.9 Å². The van der Waals surface area contributed by atoms with Crippen molar-refractivity contribution in [3.63, 3.8) is 0 Å². The van der Waals surface area contributed by atoms with Crippen LogP contribution in [0.3, 0.4) is 0 Å². The monoisotopic (exact) mass is 434 g/mol. The Labute approximate surface area is 180 Å². The van der Waals surface area contributed by atoms with Crippen molar-refractivity contribution in [2.45, 2.75) is 13.5 Å². The van der Waals surface area contributed by atoms with Gasteiger partial charge in [-0.15, -0.1) is 21.5 Å². The zero-order valence-electron chi connectivity index (χ0n) is 15.9. The SMILES string of the molecule is Cc1c(-c2ccccc2)sc2ncn(Cc3nnc(-c4ccccc4Cl)o3)c(=O)c12. The van der Waals surface area contributed by atoms with Crippen molar-refractivity contribution in [3.05, 3.63) is 87.8 Å². The molecule has 6 nitrogen and oxygen atoms in total. The summed E-state index contributed by atoms with van der Waals surface area (Å²) in [7, 11) is 0. The van der Waals surface area contributed by atoms with Crippen LogP contribution in [0.5, 0.6) is 0 Å². The molecule has 0 fully saturated rings. The number of aryl methyl sites for hydroxylation is 1. The van der Waals surface area contributed by atoms with Gasteiger partial charge in [-0.2, -0.15) is 0 Å². The summed E-state index contributed by atoms with van der Waals surface area (Å²) in [5.41, 5.74) is 2.52. The first-order chi connectivity index (χ1) is 14.6. The van der Waals surface area contributed by atoms with Crippen molar-refractivity contribution in [1.29, 1.82) is 0 Å². The minimum absolute atomic E-state index is 0.131. The third-order valence-electron chi connectivity index (χ3n) is 4.83. The highest BCUT2D eigenvalue weighted by Crippen LogP contribution is 2.35. The summed E-state index contributed by atoms with van der Waals surface area (Å²) in [6.45, 7) is 2.09. The van der Waals surface area contributed by atoms with Crippen molar-refractivity contribution in [1.82, 2.24) is 19.7 Å². The second-order valence-electron chi connectivity index (χ2n) is 6.76. The fourth-order valence-electron chi connectivity index (χ4n) is 3.34. The van der Waals surface area contributed by atoms with E-state index < -0.39 is 0 Å². The maximum absolute atomic E-state index is 13.1. The molecule has 148 valence electrons. The average Bonchev–Trinajstić information content (AvgIpc) is 3.36. The van der Waals surface area contributed by atoms with E-state index in [1.807, 2.05) is 49.4 Å². The molecule has 0 bridgehead atoms. The molecule has 0 radical (unpaired) electrons. The van der Waals surface area contributed by atoms with Gasteiger partial charge in [0.2, 0.25) is 11.8 Å². The van der Waals surface area contributed by atoms with Crippen LogP contribution in [0.4, 0.5) is 0 Å². The first-order valence-corrected chi connectivity index (χ1v) is 10.4. The highest BCUT2D eigenvalue weighted by molar-refractivity contribution is 7.22. The van der Waals surface area contributed by atoms with Crippen LogP contribution < -0.4 is 5.56 Å². The molecule has 0 N–H and O–H groups in total. The largest absolute Gasteiger partial charge is 0.419 e. The zero-order chi connectivity index (χ0) is 20.7. The first-order valence-electron chi connectivity index (χ1n) is 9.23. The van der Waals surface area contributed by atoms with Crippen molar-refractivity contribution in [2.24, 2.45) is 0 Å². The number of aromatic nitrogens is 4. The topological polar surface area (TPSA) is 73.8 Å². The second kappa shape index (κ2) is 7.51. The lowest BCUT2D eigenvalue weighted by Crippen LogP contribution is -2.21. The lowest BCUT2D eigenvalue weighted by atomic mass is 10.1. The van der Waals surface area contributed by atoms with E-state index in [-0.39, 0.29) is 12.1 Å².